The number of unbranched alkanes of at least 4 members (excludes halogenated alkanes) is 2. The molecule has 0 bridgehead atoms. The SMILES string of the molecule is C[NH+](CCCN)CCCCC[N+](C)(C)C. The van der Waals surface area contributed by atoms with Gasteiger partial charge in [0.15, 0.2) is 0 Å². The minimum atomic E-state index is 0.832. The van der Waals surface area contributed by atoms with Crippen LogP contribution in [0.5, 0.6) is 0 Å². The molecule has 3 N–H and O–H groups in total. The summed E-state index contributed by atoms with van der Waals surface area (Å²) < 4.78 is 1.09. The van der Waals surface area contributed by atoms with Gasteiger partial charge in [0.25, 0.3) is 0 Å². The lowest BCUT2D eigenvalue weighted by molar-refractivity contribution is -0.880. The molecule has 15 heavy (non-hydrogen) atoms. The Balaban J connectivity index is 3.23. The van der Waals surface area contributed by atoms with E-state index in [0.717, 1.165) is 17.4 Å². The second-order valence-corrected chi connectivity index (χ2v) is 5.67. The van der Waals surface area contributed by atoms with Crippen LogP contribution in [0, 0.1) is 0 Å². The van der Waals surface area contributed by atoms with Crippen LogP contribution in [0.1, 0.15) is 25.7 Å². The Morgan fingerprint density at radius 2 is 1.53 bits per heavy atom. The molecule has 0 aromatic carbocycles. The van der Waals surface area contributed by atoms with Gasteiger partial charge in [-0.1, -0.05) is 0 Å². The molecule has 1 unspecified atom stereocenters. The van der Waals surface area contributed by atoms with Crippen LogP contribution in [-0.4, -0.2) is 58.9 Å². The standard InChI is InChI=1S/C12H30N3/c1-14(11-8-9-13)10-6-5-7-12-15(2,3)4/h5-13H2,1-4H3/q+1/p+1. The first-order valence-electron chi connectivity index (χ1n) is 6.27. The first-order chi connectivity index (χ1) is 6.95. The van der Waals surface area contributed by atoms with E-state index in [4.69, 9.17) is 5.73 Å². The zero-order valence-electron chi connectivity index (χ0n) is 11.2. The maximum Gasteiger partial charge on any atom is 0.0781 e. The molecule has 0 saturated heterocycles. The highest BCUT2D eigenvalue weighted by atomic mass is 15.3. The van der Waals surface area contributed by atoms with Gasteiger partial charge in [0.2, 0.25) is 0 Å². The molecule has 0 radical (unpaired) electrons. The van der Waals surface area contributed by atoms with Gasteiger partial charge in [-0.3, -0.25) is 0 Å². The predicted molar refractivity (Wildman–Crippen MR) is 67.0 cm³/mol. The van der Waals surface area contributed by atoms with Crippen molar-refractivity contribution in [3.05, 3.63) is 0 Å². The molecule has 0 aromatic heterocycles. The van der Waals surface area contributed by atoms with Crippen molar-refractivity contribution in [3.8, 4) is 0 Å². The molecule has 1 atom stereocenters. The monoisotopic (exact) mass is 217 g/mol. The molecule has 0 aliphatic carbocycles. The normalized spacial score (nSPS) is 14.2. The van der Waals surface area contributed by atoms with Gasteiger partial charge in [-0.25, -0.2) is 0 Å². The van der Waals surface area contributed by atoms with Crippen molar-refractivity contribution in [2.45, 2.75) is 25.7 Å². The molecule has 0 spiro atoms. The highest BCUT2D eigenvalue weighted by Gasteiger charge is 2.06. The first-order valence-corrected chi connectivity index (χ1v) is 6.27. The quantitative estimate of drug-likeness (QED) is 0.404. The van der Waals surface area contributed by atoms with Gasteiger partial charge in [0, 0.05) is 6.42 Å². The first kappa shape index (κ1) is 14.9. The second-order valence-electron chi connectivity index (χ2n) is 5.67. The number of hydrogen-bond acceptors (Lipinski definition) is 1. The number of rotatable bonds is 9. The van der Waals surface area contributed by atoms with Gasteiger partial charge >= 0.3 is 0 Å². The molecule has 0 heterocycles. The van der Waals surface area contributed by atoms with Crippen LogP contribution in [0.15, 0.2) is 0 Å². The maximum atomic E-state index is 5.49. The summed E-state index contributed by atoms with van der Waals surface area (Å²) in [5.74, 6) is 0. The molecule has 3 heteroatoms. The van der Waals surface area contributed by atoms with Crippen LogP contribution in [0.4, 0.5) is 0 Å². The zero-order chi connectivity index (χ0) is 11.7. The maximum absolute atomic E-state index is 5.49. The highest BCUT2D eigenvalue weighted by Crippen LogP contribution is 1.99. The Bertz CT molecular complexity index is 140. The topological polar surface area (TPSA) is 30.5 Å². The molecule has 0 aliphatic heterocycles. The van der Waals surface area contributed by atoms with Gasteiger partial charge in [0.1, 0.15) is 0 Å². The summed E-state index contributed by atoms with van der Waals surface area (Å²) in [5.41, 5.74) is 5.49. The van der Waals surface area contributed by atoms with Crippen molar-refractivity contribution < 1.29 is 9.38 Å². The van der Waals surface area contributed by atoms with Crippen LogP contribution < -0.4 is 10.6 Å². The van der Waals surface area contributed by atoms with E-state index in [2.05, 4.69) is 28.2 Å². The molecule has 92 valence electrons. The minimum Gasteiger partial charge on any atom is -0.337 e. The Morgan fingerprint density at radius 3 is 2.07 bits per heavy atom. The van der Waals surface area contributed by atoms with Crippen molar-refractivity contribution in [2.24, 2.45) is 5.73 Å². The van der Waals surface area contributed by atoms with E-state index in [9.17, 15) is 0 Å². The lowest BCUT2D eigenvalue weighted by Gasteiger charge is -2.23. The number of nitrogens with one attached hydrogen (secondary N) is 1. The fourth-order valence-electron chi connectivity index (χ4n) is 1.72. The van der Waals surface area contributed by atoms with E-state index >= 15 is 0 Å². The number of nitrogens with two attached hydrogens (primary N) is 1. The third kappa shape index (κ3) is 11.8. The summed E-state index contributed by atoms with van der Waals surface area (Å²) in [7, 11) is 9.06. The van der Waals surface area contributed by atoms with Crippen molar-refractivity contribution in [3.63, 3.8) is 0 Å². The van der Waals surface area contributed by atoms with Crippen LogP contribution in [-0.2, 0) is 0 Å². The molecule has 0 amide bonds. The lowest BCUT2D eigenvalue weighted by Crippen LogP contribution is -3.09. The van der Waals surface area contributed by atoms with Crippen molar-refractivity contribution in [1.82, 2.24) is 0 Å². The lowest BCUT2D eigenvalue weighted by atomic mass is 10.2. The molecule has 0 saturated carbocycles. The molecule has 3 nitrogen and oxygen atoms in total. The third-order valence-corrected chi connectivity index (χ3v) is 2.74. The number of nitrogens with zero attached hydrogens (tertiary/aromatic N) is 1. The molecule has 0 rings (SSSR count). The fraction of sp³-hybridized carbons (Fsp3) is 1.00. The summed E-state index contributed by atoms with van der Waals surface area (Å²) in [6, 6.07) is 0. The molecular weight excluding hydrogens is 186 g/mol. The average Bonchev–Trinajstić information content (AvgIpc) is 2.12. The molecule has 0 fully saturated rings. The summed E-state index contributed by atoms with van der Waals surface area (Å²) in [4.78, 5) is 1.63. The highest BCUT2D eigenvalue weighted by molar-refractivity contribution is 4.40. The Hall–Kier alpha value is -0.120. The molecule has 0 aromatic rings. The summed E-state index contributed by atoms with van der Waals surface area (Å²) >= 11 is 0. The van der Waals surface area contributed by atoms with Gasteiger partial charge < -0.3 is 15.1 Å². The smallest absolute Gasteiger partial charge is 0.0781 e. The Labute approximate surface area is 95.8 Å². The number of hydrogen-bond donors (Lipinski definition) is 2. The van der Waals surface area contributed by atoms with E-state index in [1.165, 1.54) is 38.9 Å². The average molecular weight is 217 g/mol. The van der Waals surface area contributed by atoms with Crippen LogP contribution in [0.2, 0.25) is 0 Å². The van der Waals surface area contributed by atoms with Crippen LogP contribution in [0.3, 0.4) is 0 Å². The molecular formula is C12H31N3+2. The second kappa shape index (κ2) is 8.08. The minimum absolute atomic E-state index is 0.832. The van der Waals surface area contributed by atoms with Crippen molar-refractivity contribution in [1.29, 1.82) is 0 Å². The fourth-order valence-corrected chi connectivity index (χ4v) is 1.72. The Kier molecular flexibility index (Phi) is 8.02. The molecule has 0 aliphatic rings. The zero-order valence-corrected chi connectivity index (χ0v) is 11.2. The van der Waals surface area contributed by atoms with Crippen LogP contribution in [0.25, 0.3) is 0 Å². The third-order valence-electron chi connectivity index (χ3n) is 2.74. The number of quaternary nitrogens is 2. The van der Waals surface area contributed by atoms with E-state index in [1.807, 2.05) is 0 Å². The Morgan fingerprint density at radius 1 is 0.933 bits per heavy atom. The van der Waals surface area contributed by atoms with Gasteiger partial charge in [0.05, 0.1) is 47.8 Å². The van der Waals surface area contributed by atoms with Gasteiger partial charge in [-0.05, 0) is 25.8 Å². The summed E-state index contributed by atoms with van der Waals surface area (Å²) in [6.45, 7) is 4.66. The van der Waals surface area contributed by atoms with E-state index in [0.29, 0.717) is 0 Å². The predicted octanol–water partition coefficient (Wildman–Crippen LogP) is -0.274. The van der Waals surface area contributed by atoms with Crippen LogP contribution >= 0.6 is 0 Å². The largest absolute Gasteiger partial charge is 0.337 e. The van der Waals surface area contributed by atoms with E-state index in [-0.39, 0.29) is 0 Å². The van der Waals surface area contributed by atoms with Gasteiger partial charge in [-0.15, -0.1) is 0 Å². The van der Waals surface area contributed by atoms with E-state index in [1.54, 1.807) is 4.90 Å². The van der Waals surface area contributed by atoms with Crippen molar-refractivity contribution in [2.75, 3.05) is 54.4 Å². The van der Waals surface area contributed by atoms with Crippen molar-refractivity contribution >= 4 is 0 Å². The van der Waals surface area contributed by atoms with E-state index < -0.39 is 0 Å². The summed E-state index contributed by atoms with van der Waals surface area (Å²) in [6.07, 6.45) is 5.24. The summed E-state index contributed by atoms with van der Waals surface area (Å²) in [5, 5.41) is 0. The van der Waals surface area contributed by atoms with Gasteiger partial charge in [-0.2, -0.15) is 0 Å².